The van der Waals surface area contributed by atoms with E-state index >= 15 is 0 Å². The molecule has 12 heteroatoms. The van der Waals surface area contributed by atoms with Gasteiger partial charge in [-0.1, -0.05) is 48.5 Å². The largest absolute Gasteiger partial charge is 0.480 e. The molecular weight excluding hydrogens is 436 g/mol. The SMILES string of the molecule is O=C(O)CNC(=O)OCc1ccccc1.O=C(O)[C@@H]1CCCN1.O=[N+]([O-])Nc1ccccc1. The number of carboxylic acid groups (broad SMARTS) is 2. The Bertz CT molecular complexity index is 874. The van der Waals surface area contributed by atoms with Crippen molar-refractivity contribution in [3.8, 4) is 0 Å². The van der Waals surface area contributed by atoms with E-state index in [0.29, 0.717) is 5.69 Å². The van der Waals surface area contributed by atoms with Gasteiger partial charge >= 0.3 is 18.0 Å². The quantitative estimate of drug-likeness (QED) is 0.302. The van der Waals surface area contributed by atoms with Crippen molar-refractivity contribution >= 4 is 23.7 Å². The molecule has 0 aliphatic carbocycles. The fourth-order valence-electron chi connectivity index (χ4n) is 2.44. The van der Waals surface area contributed by atoms with Crippen LogP contribution in [0, 0.1) is 10.1 Å². The minimum absolute atomic E-state index is 0.131. The molecule has 0 aromatic heterocycles. The number of nitrogens with one attached hydrogen (secondary N) is 3. The number of nitrogens with zero attached hydrogens (tertiary/aromatic N) is 1. The third-order valence-electron chi connectivity index (χ3n) is 3.95. The highest BCUT2D eigenvalue weighted by Crippen LogP contribution is 2.04. The lowest BCUT2D eigenvalue weighted by atomic mass is 10.2. The highest BCUT2D eigenvalue weighted by Gasteiger charge is 2.20. The minimum atomic E-state index is -1.10. The number of anilines is 1. The molecule has 1 aliphatic heterocycles. The van der Waals surface area contributed by atoms with Crippen molar-refractivity contribution in [2.45, 2.75) is 25.5 Å². The van der Waals surface area contributed by atoms with Gasteiger partial charge in [0.15, 0.2) is 5.03 Å². The summed E-state index contributed by atoms with van der Waals surface area (Å²) in [5, 5.41) is 30.9. The Morgan fingerprint density at radius 2 is 1.67 bits per heavy atom. The molecule has 3 rings (SSSR count). The van der Waals surface area contributed by atoms with Crippen molar-refractivity contribution in [1.29, 1.82) is 0 Å². The molecule has 1 aliphatic rings. The van der Waals surface area contributed by atoms with E-state index in [2.05, 4.69) is 10.6 Å². The normalized spacial score (nSPS) is 13.8. The Hall–Kier alpha value is -4.19. The predicted molar refractivity (Wildman–Crippen MR) is 118 cm³/mol. The van der Waals surface area contributed by atoms with E-state index in [9.17, 15) is 24.5 Å². The fourth-order valence-corrected chi connectivity index (χ4v) is 2.44. The van der Waals surface area contributed by atoms with Gasteiger partial charge in [-0.3, -0.25) is 9.59 Å². The van der Waals surface area contributed by atoms with Crippen LogP contribution in [0.3, 0.4) is 0 Å². The van der Waals surface area contributed by atoms with E-state index in [1.165, 1.54) is 0 Å². The smallest absolute Gasteiger partial charge is 0.407 e. The second kappa shape index (κ2) is 15.6. The molecule has 33 heavy (non-hydrogen) atoms. The van der Waals surface area contributed by atoms with Crippen molar-refractivity contribution in [2.24, 2.45) is 0 Å². The first-order valence-corrected chi connectivity index (χ1v) is 9.86. The summed E-state index contributed by atoms with van der Waals surface area (Å²) in [6.07, 6.45) is 1.05. The van der Waals surface area contributed by atoms with Crippen LogP contribution < -0.4 is 16.1 Å². The molecule has 1 saturated heterocycles. The van der Waals surface area contributed by atoms with Crippen LogP contribution in [-0.2, 0) is 20.9 Å². The van der Waals surface area contributed by atoms with Gasteiger partial charge in [0.05, 0.1) is 0 Å². The van der Waals surface area contributed by atoms with Crippen molar-refractivity contribution in [3.63, 3.8) is 0 Å². The number of nitro groups is 1. The number of hydrazine groups is 1. The summed E-state index contributed by atoms with van der Waals surface area (Å²) >= 11 is 0. The first-order valence-electron chi connectivity index (χ1n) is 9.86. The molecule has 0 unspecified atom stereocenters. The second-order valence-corrected chi connectivity index (χ2v) is 6.53. The Morgan fingerprint density at radius 1 is 1.06 bits per heavy atom. The number of ether oxygens (including phenoxy) is 1. The molecule has 1 amide bonds. The molecule has 0 bridgehead atoms. The summed E-state index contributed by atoms with van der Waals surface area (Å²) in [5.74, 6) is -1.82. The number of aliphatic carboxylic acids is 2. The van der Waals surface area contributed by atoms with Crippen LogP contribution in [0.5, 0.6) is 0 Å². The maximum atomic E-state index is 10.9. The number of carbonyl (C=O) groups is 3. The van der Waals surface area contributed by atoms with Crippen LogP contribution >= 0.6 is 0 Å². The zero-order chi connectivity index (χ0) is 24.5. The average Bonchev–Trinajstić information content (AvgIpc) is 3.34. The summed E-state index contributed by atoms with van der Waals surface area (Å²) in [7, 11) is 0. The Labute approximate surface area is 189 Å². The number of hydrogen-bond acceptors (Lipinski definition) is 7. The Balaban J connectivity index is 0.000000262. The van der Waals surface area contributed by atoms with Crippen LogP contribution in [0.4, 0.5) is 10.5 Å². The van der Waals surface area contributed by atoms with Crippen LogP contribution in [0.1, 0.15) is 18.4 Å². The van der Waals surface area contributed by atoms with E-state index in [-0.39, 0.29) is 12.6 Å². The van der Waals surface area contributed by atoms with Gasteiger partial charge in [-0.05, 0) is 37.1 Å². The molecule has 0 saturated carbocycles. The van der Waals surface area contributed by atoms with E-state index in [1.807, 2.05) is 35.8 Å². The van der Waals surface area contributed by atoms with Crippen molar-refractivity contribution in [1.82, 2.24) is 10.6 Å². The highest BCUT2D eigenvalue weighted by molar-refractivity contribution is 5.76. The monoisotopic (exact) mass is 462 g/mol. The van der Waals surface area contributed by atoms with Gasteiger partial charge in [0, 0.05) is 0 Å². The lowest BCUT2D eigenvalue weighted by Gasteiger charge is -2.04. The predicted octanol–water partition coefficient (Wildman–Crippen LogP) is 2.11. The average molecular weight is 462 g/mol. The summed E-state index contributed by atoms with van der Waals surface area (Å²) in [4.78, 5) is 41.0. The van der Waals surface area contributed by atoms with Crippen LogP contribution in [0.15, 0.2) is 60.7 Å². The van der Waals surface area contributed by atoms with Gasteiger partial charge in [-0.2, -0.15) is 0 Å². The molecule has 1 atom stereocenters. The molecule has 2 aromatic rings. The number of para-hydroxylation sites is 1. The fraction of sp³-hybridized carbons (Fsp3) is 0.286. The number of benzene rings is 2. The number of hydrogen-bond donors (Lipinski definition) is 5. The highest BCUT2D eigenvalue weighted by atomic mass is 16.7. The molecule has 1 fully saturated rings. The second-order valence-electron chi connectivity index (χ2n) is 6.53. The summed E-state index contributed by atoms with van der Waals surface area (Å²) in [6.45, 7) is 0.552. The summed E-state index contributed by atoms with van der Waals surface area (Å²) in [5.41, 5.74) is 3.37. The lowest BCUT2D eigenvalue weighted by molar-refractivity contribution is -0.445. The Kier molecular flexibility index (Phi) is 12.7. The van der Waals surface area contributed by atoms with Gasteiger partial charge in [-0.15, -0.1) is 5.43 Å². The molecular formula is C21H26N4O8. The molecule has 0 spiro atoms. The number of amides is 1. The van der Waals surface area contributed by atoms with Gasteiger partial charge in [0.2, 0.25) is 0 Å². The van der Waals surface area contributed by atoms with E-state index in [4.69, 9.17) is 14.9 Å². The van der Waals surface area contributed by atoms with Gasteiger partial charge in [0.25, 0.3) is 0 Å². The van der Waals surface area contributed by atoms with Gasteiger partial charge in [-0.25, -0.2) is 14.9 Å². The topological polar surface area (TPSA) is 180 Å². The third kappa shape index (κ3) is 13.7. The first-order chi connectivity index (χ1) is 15.8. The summed E-state index contributed by atoms with van der Waals surface area (Å²) < 4.78 is 4.77. The van der Waals surface area contributed by atoms with Crippen LogP contribution in [0.25, 0.3) is 0 Å². The lowest BCUT2D eigenvalue weighted by Crippen LogP contribution is -2.29. The molecule has 2 aromatic carbocycles. The number of alkyl carbamates (subject to hydrolysis) is 1. The first kappa shape index (κ1) is 26.8. The van der Waals surface area contributed by atoms with Crippen molar-refractivity contribution in [3.05, 3.63) is 76.3 Å². The standard InChI is InChI=1S/C10H11NO4.C6H6N2O2.C5H9NO2/c12-9(13)6-11-10(14)15-7-8-4-2-1-3-5-8;9-8(10)7-6-4-2-1-3-5-6;7-5(8)4-2-1-3-6-4/h1-5H,6-7H2,(H,11,14)(H,12,13);1-5,7H;4,6H,1-3H2,(H,7,8)/t;;4-/m..0/s1. The Morgan fingerprint density at radius 3 is 2.12 bits per heavy atom. The van der Waals surface area contributed by atoms with Crippen molar-refractivity contribution in [2.75, 3.05) is 18.5 Å². The molecule has 12 nitrogen and oxygen atoms in total. The maximum Gasteiger partial charge on any atom is 0.407 e. The number of rotatable bonds is 7. The number of carboxylic acids is 2. The van der Waals surface area contributed by atoms with Gasteiger partial charge < -0.3 is 25.6 Å². The minimum Gasteiger partial charge on any atom is -0.480 e. The zero-order valence-electron chi connectivity index (χ0n) is 17.7. The maximum absolute atomic E-state index is 10.9. The van der Waals surface area contributed by atoms with E-state index in [1.54, 1.807) is 30.3 Å². The molecule has 0 radical (unpaired) electrons. The van der Waals surface area contributed by atoms with Gasteiger partial charge in [0.1, 0.15) is 24.9 Å². The zero-order valence-corrected chi connectivity index (χ0v) is 17.7. The van der Waals surface area contributed by atoms with Crippen molar-refractivity contribution < 1.29 is 34.4 Å². The molecule has 178 valence electrons. The third-order valence-corrected chi connectivity index (χ3v) is 3.95. The van der Waals surface area contributed by atoms with E-state index in [0.717, 1.165) is 24.9 Å². The summed E-state index contributed by atoms with van der Waals surface area (Å²) in [6, 6.07) is 17.4. The van der Waals surface area contributed by atoms with Crippen LogP contribution in [0.2, 0.25) is 0 Å². The number of carbonyl (C=O) groups excluding carboxylic acids is 1. The van der Waals surface area contributed by atoms with E-state index < -0.39 is 29.6 Å². The molecule has 5 N–H and O–H groups in total. The van der Waals surface area contributed by atoms with Crippen LogP contribution in [-0.4, -0.2) is 52.4 Å². The molecule has 1 heterocycles.